The Morgan fingerprint density at radius 3 is 2.70 bits per heavy atom. The maximum Gasteiger partial charge on any atom is 0.255 e. The van der Waals surface area contributed by atoms with Crippen LogP contribution in [0.4, 0.5) is 0 Å². The Morgan fingerprint density at radius 2 is 2.30 bits per heavy atom. The Morgan fingerprint density at radius 1 is 1.60 bits per heavy atom. The van der Waals surface area contributed by atoms with E-state index in [4.69, 9.17) is 0 Å². The molecule has 2 nitrogen and oxygen atoms in total. The first-order valence-electron chi connectivity index (χ1n) is 3.08. The fourth-order valence-corrected chi connectivity index (χ4v) is 0.788. The minimum Gasteiger partial charge on any atom is -0.285 e. The van der Waals surface area contributed by atoms with Crippen LogP contribution in [0.25, 0.3) is 0 Å². The summed E-state index contributed by atoms with van der Waals surface area (Å²) < 4.78 is 0. The van der Waals surface area contributed by atoms with Crippen molar-refractivity contribution in [1.29, 1.82) is 0 Å². The van der Waals surface area contributed by atoms with Crippen LogP contribution in [0.5, 0.6) is 0 Å². The van der Waals surface area contributed by atoms with Crippen molar-refractivity contribution < 1.29 is 4.79 Å². The molecule has 1 heterocycles. The van der Waals surface area contributed by atoms with Crippen LogP contribution < -0.4 is 0 Å². The molecule has 1 rings (SSSR count). The van der Waals surface area contributed by atoms with Crippen molar-refractivity contribution in [2.75, 3.05) is 0 Å². The van der Waals surface area contributed by atoms with Crippen molar-refractivity contribution in [1.82, 2.24) is 4.90 Å². The lowest BCUT2D eigenvalue weighted by Gasteiger charge is -2.09. The van der Waals surface area contributed by atoms with Gasteiger partial charge in [0, 0.05) is 18.0 Å². The standard InChI is InChI=1S/C8H9NO/c1-3-6-9-7(2)4-5-8(9)10/h3-6H,2H2,1H3/b6-3-. The van der Waals surface area contributed by atoms with Gasteiger partial charge < -0.3 is 0 Å². The predicted octanol–water partition coefficient (Wildman–Crippen LogP) is 1.43. The molecule has 2 heteroatoms. The molecule has 1 amide bonds. The fourth-order valence-electron chi connectivity index (χ4n) is 0.788. The van der Waals surface area contributed by atoms with Crippen LogP contribution in [-0.4, -0.2) is 10.8 Å². The summed E-state index contributed by atoms with van der Waals surface area (Å²) in [4.78, 5) is 12.4. The Kier molecular flexibility index (Phi) is 1.71. The summed E-state index contributed by atoms with van der Waals surface area (Å²) in [5.41, 5.74) is 0.725. The van der Waals surface area contributed by atoms with E-state index in [9.17, 15) is 4.79 Å². The Labute approximate surface area is 60.1 Å². The first-order chi connectivity index (χ1) is 4.75. The average molecular weight is 135 g/mol. The van der Waals surface area contributed by atoms with Crippen molar-refractivity contribution >= 4 is 5.91 Å². The molecule has 0 aromatic carbocycles. The first kappa shape index (κ1) is 6.81. The number of carbonyl (C=O) groups excluding carboxylic acids is 1. The third-order valence-electron chi connectivity index (χ3n) is 1.26. The average Bonchev–Trinajstić information content (AvgIpc) is 2.20. The molecular formula is C8H9NO. The zero-order valence-electron chi connectivity index (χ0n) is 5.87. The lowest BCUT2D eigenvalue weighted by molar-refractivity contribution is -0.121. The Balaban J connectivity index is 2.79. The molecule has 0 radical (unpaired) electrons. The number of carbonyl (C=O) groups is 1. The molecule has 0 bridgehead atoms. The van der Waals surface area contributed by atoms with Crippen molar-refractivity contribution in [3.05, 3.63) is 36.7 Å². The maximum absolute atomic E-state index is 10.9. The van der Waals surface area contributed by atoms with Gasteiger partial charge in [-0.25, -0.2) is 0 Å². The Bertz CT molecular complexity index is 207. The molecular weight excluding hydrogens is 126 g/mol. The minimum atomic E-state index is -0.0249. The summed E-state index contributed by atoms with van der Waals surface area (Å²) in [6, 6.07) is 0. The van der Waals surface area contributed by atoms with E-state index in [1.807, 2.05) is 6.92 Å². The smallest absolute Gasteiger partial charge is 0.255 e. The van der Waals surface area contributed by atoms with Crippen LogP contribution in [0, 0.1) is 0 Å². The quantitative estimate of drug-likeness (QED) is 0.532. The molecule has 0 atom stereocenters. The fraction of sp³-hybridized carbons (Fsp3) is 0.125. The normalized spacial score (nSPS) is 17.9. The lowest BCUT2D eigenvalue weighted by atomic mass is 10.5. The van der Waals surface area contributed by atoms with E-state index in [1.54, 1.807) is 18.4 Å². The van der Waals surface area contributed by atoms with Gasteiger partial charge in [-0.3, -0.25) is 9.69 Å². The Hall–Kier alpha value is -1.31. The highest BCUT2D eigenvalue weighted by molar-refractivity contribution is 5.93. The van der Waals surface area contributed by atoms with Gasteiger partial charge in [0.1, 0.15) is 0 Å². The second-order valence-electron chi connectivity index (χ2n) is 2.02. The molecule has 0 aliphatic carbocycles. The van der Waals surface area contributed by atoms with Gasteiger partial charge in [0.2, 0.25) is 0 Å². The second kappa shape index (κ2) is 2.52. The lowest BCUT2D eigenvalue weighted by Crippen LogP contribution is -2.15. The summed E-state index contributed by atoms with van der Waals surface area (Å²) in [5.74, 6) is -0.0249. The zero-order valence-corrected chi connectivity index (χ0v) is 5.87. The topological polar surface area (TPSA) is 20.3 Å². The van der Waals surface area contributed by atoms with Gasteiger partial charge in [-0.05, 0) is 13.0 Å². The molecule has 1 aliphatic rings. The van der Waals surface area contributed by atoms with Crippen LogP contribution in [0.1, 0.15) is 6.92 Å². The van der Waals surface area contributed by atoms with Gasteiger partial charge in [0.05, 0.1) is 0 Å². The summed E-state index contributed by atoms with van der Waals surface area (Å²) in [6.45, 7) is 5.53. The highest BCUT2D eigenvalue weighted by Gasteiger charge is 2.14. The van der Waals surface area contributed by atoms with E-state index in [0.29, 0.717) is 0 Å². The van der Waals surface area contributed by atoms with Gasteiger partial charge in [-0.15, -0.1) is 0 Å². The van der Waals surface area contributed by atoms with Crippen LogP contribution in [-0.2, 0) is 4.79 Å². The van der Waals surface area contributed by atoms with E-state index in [-0.39, 0.29) is 5.91 Å². The molecule has 1 aliphatic heterocycles. The third kappa shape index (κ3) is 1.00. The molecule has 0 fully saturated rings. The number of rotatable bonds is 1. The maximum atomic E-state index is 10.9. The van der Waals surface area contributed by atoms with Crippen LogP contribution in [0.3, 0.4) is 0 Å². The van der Waals surface area contributed by atoms with Gasteiger partial charge >= 0.3 is 0 Å². The van der Waals surface area contributed by atoms with Crippen LogP contribution in [0.15, 0.2) is 36.7 Å². The second-order valence-corrected chi connectivity index (χ2v) is 2.02. The molecule has 0 N–H and O–H groups in total. The van der Waals surface area contributed by atoms with E-state index < -0.39 is 0 Å². The number of hydrogen-bond donors (Lipinski definition) is 0. The van der Waals surface area contributed by atoms with Crippen molar-refractivity contribution in [2.45, 2.75) is 6.92 Å². The van der Waals surface area contributed by atoms with Crippen LogP contribution >= 0.6 is 0 Å². The monoisotopic (exact) mass is 135 g/mol. The highest BCUT2D eigenvalue weighted by Crippen LogP contribution is 2.12. The van der Waals surface area contributed by atoms with Gasteiger partial charge in [0.15, 0.2) is 0 Å². The summed E-state index contributed by atoms with van der Waals surface area (Å²) in [5, 5.41) is 0. The van der Waals surface area contributed by atoms with Gasteiger partial charge in [-0.1, -0.05) is 12.7 Å². The van der Waals surface area contributed by atoms with E-state index in [1.165, 1.54) is 11.0 Å². The molecule has 0 unspecified atom stereocenters. The van der Waals surface area contributed by atoms with Crippen molar-refractivity contribution in [3.8, 4) is 0 Å². The number of hydrogen-bond acceptors (Lipinski definition) is 1. The first-order valence-corrected chi connectivity index (χ1v) is 3.08. The largest absolute Gasteiger partial charge is 0.285 e. The van der Waals surface area contributed by atoms with E-state index in [2.05, 4.69) is 6.58 Å². The summed E-state index contributed by atoms with van der Waals surface area (Å²) in [6.07, 6.45) is 6.70. The minimum absolute atomic E-state index is 0.0249. The molecule has 0 saturated heterocycles. The number of amides is 1. The zero-order chi connectivity index (χ0) is 7.56. The molecule has 0 aromatic rings. The van der Waals surface area contributed by atoms with Crippen LogP contribution in [0.2, 0.25) is 0 Å². The van der Waals surface area contributed by atoms with Gasteiger partial charge in [-0.2, -0.15) is 0 Å². The molecule has 0 aromatic heterocycles. The molecule has 10 heavy (non-hydrogen) atoms. The number of allylic oxidation sites excluding steroid dienone is 2. The molecule has 52 valence electrons. The highest BCUT2D eigenvalue weighted by atomic mass is 16.2. The SMILES string of the molecule is C=C1C=CC(=O)N1/C=C\C. The van der Waals surface area contributed by atoms with E-state index in [0.717, 1.165) is 5.70 Å². The predicted molar refractivity (Wildman–Crippen MR) is 39.9 cm³/mol. The number of nitrogens with zero attached hydrogens (tertiary/aromatic N) is 1. The molecule has 0 spiro atoms. The van der Waals surface area contributed by atoms with Crippen molar-refractivity contribution in [3.63, 3.8) is 0 Å². The summed E-state index contributed by atoms with van der Waals surface area (Å²) in [7, 11) is 0. The molecule has 0 saturated carbocycles. The van der Waals surface area contributed by atoms with Crippen molar-refractivity contribution in [2.24, 2.45) is 0 Å². The third-order valence-corrected chi connectivity index (χ3v) is 1.26. The van der Waals surface area contributed by atoms with E-state index >= 15 is 0 Å². The summed E-state index contributed by atoms with van der Waals surface area (Å²) >= 11 is 0. The van der Waals surface area contributed by atoms with Gasteiger partial charge in [0.25, 0.3) is 5.91 Å².